The molecule has 0 amide bonds. The van der Waals surface area contributed by atoms with Crippen LogP contribution in [-0.4, -0.2) is 72.1 Å². The first-order valence-corrected chi connectivity index (χ1v) is 14.7. The minimum atomic E-state index is -0.656. The van der Waals surface area contributed by atoms with Gasteiger partial charge in [0.05, 0.1) is 11.7 Å². The quantitative estimate of drug-likeness (QED) is 0.434. The minimum absolute atomic E-state index is 0.0220. The molecular formula is C30H47NO6. The molecule has 7 heteroatoms. The number of aliphatic hydroxyl groups excluding tert-OH is 1. The molecule has 0 aromatic heterocycles. The second-order valence-corrected chi connectivity index (χ2v) is 13.5. The van der Waals surface area contributed by atoms with Crippen molar-refractivity contribution in [3.8, 4) is 0 Å². The van der Waals surface area contributed by atoms with Gasteiger partial charge in [0.2, 0.25) is 0 Å². The van der Waals surface area contributed by atoms with E-state index in [-0.39, 0.29) is 34.9 Å². The normalized spacial score (nSPS) is 45.9. The number of likely N-dealkylation sites (tertiary alicyclic amines) is 1. The standard InChI is InChI=1S/C24H34O5.C6H13NO/c1-22-8-5-17(29-14-25)12-16(22)3-4-20-19(22)6-9-23(2)18(7-10-24(20,23)27)15-11-21(26)28-13-15;1-7-4-2-6(8)3-5-7/h11,14,16-20,27H,3-10,12-13H2,1-2H3;6,8H,2-5H2,1H3. The van der Waals surface area contributed by atoms with E-state index in [0.29, 0.717) is 30.8 Å². The molecule has 0 aromatic rings. The number of nitrogens with zero attached hydrogens (tertiary/aromatic N) is 1. The maximum atomic E-state index is 12.2. The van der Waals surface area contributed by atoms with E-state index in [4.69, 9.17) is 14.6 Å². The van der Waals surface area contributed by atoms with Gasteiger partial charge >= 0.3 is 5.97 Å². The second-order valence-electron chi connectivity index (χ2n) is 13.5. The fraction of sp³-hybridized carbons (Fsp3) is 0.867. The van der Waals surface area contributed by atoms with Crippen LogP contribution in [0.3, 0.4) is 0 Å². The maximum absolute atomic E-state index is 12.2. The zero-order chi connectivity index (χ0) is 26.4. The largest absolute Gasteiger partial charge is 0.465 e. The predicted molar refractivity (Wildman–Crippen MR) is 139 cm³/mol. The molecule has 8 unspecified atom stereocenters. The van der Waals surface area contributed by atoms with Crippen molar-refractivity contribution >= 4 is 12.4 Å². The molecule has 4 aliphatic carbocycles. The van der Waals surface area contributed by atoms with Gasteiger partial charge in [-0.05, 0) is 112 Å². The minimum Gasteiger partial charge on any atom is -0.465 e. The van der Waals surface area contributed by atoms with Crippen molar-refractivity contribution in [2.45, 2.75) is 102 Å². The van der Waals surface area contributed by atoms with Crippen molar-refractivity contribution in [3.63, 3.8) is 0 Å². The Morgan fingerprint density at radius 3 is 2.43 bits per heavy atom. The summed E-state index contributed by atoms with van der Waals surface area (Å²) in [5.41, 5.74) is 0.497. The van der Waals surface area contributed by atoms with Gasteiger partial charge in [0.1, 0.15) is 12.7 Å². The van der Waals surface area contributed by atoms with Crippen molar-refractivity contribution in [1.82, 2.24) is 4.90 Å². The van der Waals surface area contributed by atoms with Gasteiger partial charge in [-0.1, -0.05) is 13.8 Å². The third kappa shape index (κ3) is 4.67. The highest BCUT2D eigenvalue weighted by atomic mass is 16.5. The fourth-order valence-corrected chi connectivity index (χ4v) is 9.57. The van der Waals surface area contributed by atoms with E-state index < -0.39 is 5.60 Å². The molecule has 2 N–H and O–H groups in total. The number of ether oxygens (including phenoxy) is 2. The Kier molecular flexibility index (Phi) is 7.53. The number of aliphatic hydroxyl groups is 2. The Bertz CT molecular complexity index is 889. The van der Waals surface area contributed by atoms with Gasteiger partial charge in [-0.2, -0.15) is 0 Å². The lowest BCUT2D eigenvalue weighted by Gasteiger charge is -2.63. The number of carbonyl (C=O) groups excluding carboxylic acids is 2. The average Bonchev–Trinajstić information content (AvgIpc) is 3.41. The first kappa shape index (κ1) is 27.1. The molecule has 37 heavy (non-hydrogen) atoms. The molecule has 6 aliphatic rings. The molecule has 7 nitrogen and oxygen atoms in total. The monoisotopic (exact) mass is 517 g/mol. The molecule has 8 atom stereocenters. The van der Waals surface area contributed by atoms with Gasteiger partial charge in [-0.15, -0.1) is 0 Å². The average molecular weight is 518 g/mol. The number of hydrogen-bond acceptors (Lipinski definition) is 7. The molecular weight excluding hydrogens is 470 g/mol. The Labute approximate surface area is 222 Å². The summed E-state index contributed by atoms with van der Waals surface area (Å²) in [6.45, 7) is 7.84. The first-order valence-electron chi connectivity index (χ1n) is 14.7. The number of piperidine rings is 1. The number of rotatable bonds is 3. The van der Waals surface area contributed by atoms with Gasteiger partial charge in [0, 0.05) is 24.6 Å². The van der Waals surface area contributed by atoms with Gasteiger partial charge in [0.15, 0.2) is 0 Å². The Hall–Kier alpha value is -1.44. The Balaban J connectivity index is 0.000000301. The van der Waals surface area contributed by atoms with Crippen LogP contribution in [0.1, 0.15) is 84.5 Å². The van der Waals surface area contributed by atoms with E-state index >= 15 is 0 Å². The third-order valence-electron chi connectivity index (χ3n) is 11.9. The van der Waals surface area contributed by atoms with Gasteiger partial charge < -0.3 is 24.6 Å². The number of carbonyl (C=O) groups is 2. The highest BCUT2D eigenvalue weighted by Crippen LogP contribution is 2.70. The van der Waals surface area contributed by atoms with Crippen molar-refractivity contribution in [2.24, 2.45) is 34.5 Å². The summed E-state index contributed by atoms with van der Waals surface area (Å²) in [5, 5.41) is 21.2. The number of esters is 1. The maximum Gasteiger partial charge on any atom is 0.331 e. The molecule has 6 rings (SSSR count). The number of cyclic esters (lactones) is 1. The van der Waals surface area contributed by atoms with Crippen LogP contribution < -0.4 is 0 Å². The van der Waals surface area contributed by atoms with Crippen LogP contribution in [0.4, 0.5) is 0 Å². The van der Waals surface area contributed by atoms with E-state index in [2.05, 4.69) is 25.8 Å². The van der Waals surface area contributed by atoms with Crippen LogP contribution in [0.5, 0.6) is 0 Å². The van der Waals surface area contributed by atoms with Gasteiger partial charge in [-0.3, -0.25) is 4.79 Å². The Morgan fingerprint density at radius 1 is 1.03 bits per heavy atom. The van der Waals surface area contributed by atoms with E-state index in [0.717, 1.165) is 89.3 Å². The molecule has 1 saturated heterocycles. The summed E-state index contributed by atoms with van der Waals surface area (Å²) in [7, 11) is 2.09. The number of hydrogen-bond donors (Lipinski definition) is 2. The van der Waals surface area contributed by atoms with Crippen LogP contribution in [-0.2, 0) is 19.1 Å². The number of fused-ring (bicyclic) bond motifs is 5. The van der Waals surface area contributed by atoms with Crippen LogP contribution in [0.15, 0.2) is 11.6 Å². The molecule has 4 saturated carbocycles. The molecule has 0 aromatic carbocycles. The summed E-state index contributed by atoms with van der Waals surface area (Å²) in [5.74, 6) is 1.47. The van der Waals surface area contributed by atoms with E-state index in [9.17, 15) is 14.7 Å². The summed E-state index contributed by atoms with van der Waals surface area (Å²) in [4.78, 5) is 24.7. The lowest BCUT2D eigenvalue weighted by molar-refractivity contribution is -0.209. The molecule has 0 spiro atoms. The molecule has 2 aliphatic heterocycles. The summed E-state index contributed by atoms with van der Waals surface area (Å²) >= 11 is 0. The van der Waals surface area contributed by atoms with E-state index in [1.54, 1.807) is 6.08 Å². The first-order chi connectivity index (χ1) is 17.6. The predicted octanol–water partition coefficient (Wildman–Crippen LogP) is 3.86. The smallest absolute Gasteiger partial charge is 0.331 e. The van der Waals surface area contributed by atoms with E-state index in [1.165, 1.54) is 0 Å². The lowest BCUT2D eigenvalue weighted by atomic mass is 9.43. The second kappa shape index (κ2) is 10.3. The topological polar surface area (TPSA) is 96.3 Å². The van der Waals surface area contributed by atoms with Crippen LogP contribution >= 0.6 is 0 Å². The zero-order valence-corrected chi connectivity index (χ0v) is 23.0. The molecule has 0 radical (unpaired) electrons. The van der Waals surface area contributed by atoms with E-state index in [1.807, 2.05) is 0 Å². The summed E-state index contributed by atoms with van der Waals surface area (Å²) in [6.07, 6.45) is 12.8. The van der Waals surface area contributed by atoms with Crippen LogP contribution in [0.25, 0.3) is 0 Å². The third-order valence-corrected chi connectivity index (χ3v) is 11.9. The van der Waals surface area contributed by atoms with Crippen molar-refractivity contribution in [3.05, 3.63) is 11.6 Å². The lowest BCUT2D eigenvalue weighted by Crippen LogP contribution is -2.62. The summed E-state index contributed by atoms with van der Waals surface area (Å²) in [6, 6.07) is 0. The summed E-state index contributed by atoms with van der Waals surface area (Å²) < 4.78 is 10.5. The molecule has 208 valence electrons. The van der Waals surface area contributed by atoms with Crippen LogP contribution in [0, 0.1) is 34.5 Å². The highest BCUT2D eigenvalue weighted by Gasteiger charge is 2.67. The Morgan fingerprint density at radius 2 is 1.78 bits per heavy atom. The van der Waals surface area contributed by atoms with Crippen molar-refractivity contribution in [2.75, 3.05) is 26.7 Å². The van der Waals surface area contributed by atoms with Gasteiger partial charge in [-0.25, -0.2) is 4.79 Å². The SMILES string of the molecule is CC12CCC(OC=O)CC1CCC1C2CCC2(C)C(C3=CC(=O)OC3)CCC12O.CN1CCC(O)CC1. The fourth-order valence-electron chi connectivity index (χ4n) is 9.57. The van der Waals surface area contributed by atoms with Gasteiger partial charge in [0.25, 0.3) is 6.47 Å². The highest BCUT2D eigenvalue weighted by molar-refractivity contribution is 5.85. The van der Waals surface area contributed by atoms with Crippen LogP contribution in [0.2, 0.25) is 0 Å². The zero-order valence-electron chi connectivity index (χ0n) is 23.0. The molecule has 2 heterocycles. The van der Waals surface area contributed by atoms with Crippen molar-refractivity contribution < 1.29 is 29.3 Å². The molecule has 0 bridgehead atoms. The molecule has 5 fully saturated rings. The van der Waals surface area contributed by atoms with Crippen molar-refractivity contribution in [1.29, 1.82) is 0 Å².